The molecule has 0 spiro atoms. The predicted octanol–water partition coefficient (Wildman–Crippen LogP) is 0.975. The molecule has 0 saturated heterocycles. The summed E-state index contributed by atoms with van der Waals surface area (Å²) >= 11 is 0. The Kier molecular flexibility index (Phi) is 4.49. The van der Waals surface area contributed by atoms with Gasteiger partial charge in [0.15, 0.2) is 0 Å². The van der Waals surface area contributed by atoms with E-state index < -0.39 is 0 Å². The highest BCUT2D eigenvalue weighted by Gasteiger charge is 2.14. The van der Waals surface area contributed by atoms with E-state index in [1.54, 1.807) is 29.6 Å². The molecule has 2 aromatic heterocycles. The number of rotatable bonds is 6. The summed E-state index contributed by atoms with van der Waals surface area (Å²) in [5, 5.41) is 10.9. The van der Waals surface area contributed by atoms with E-state index in [1.807, 2.05) is 11.5 Å². The Bertz CT molecular complexity index is 545. The average molecular weight is 276 g/mol. The van der Waals surface area contributed by atoms with Gasteiger partial charge in [0.2, 0.25) is 5.91 Å². The van der Waals surface area contributed by atoms with Gasteiger partial charge in [-0.15, -0.1) is 10.2 Å². The molecule has 1 amide bonds. The van der Waals surface area contributed by atoms with Crippen molar-refractivity contribution in [1.82, 2.24) is 29.6 Å². The normalized spacial score (nSPS) is 12.6. The van der Waals surface area contributed by atoms with Crippen molar-refractivity contribution >= 4 is 5.91 Å². The van der Waals surface area contributed by atoms with Crippen molar-refractivity contribution in [3.8, 4) is 0 Å². The smallest absolute Gasteiger partial charge is 0.242 e. The monoisotopic (exact) mass is 276 g/mol. The van der Waals surface area contributed by atoms with Crippen molar-refractivity contribution < 1.29 is 4.79 Å². The van der Waals surface area contributed by atoms with E-state index in [0.717, 1.165) is 5.82 Å². The Balaban J connectivity index is 1.84. The largest absolute Gasteiger partial charge is 0.354 e. The lowest BCUT2D eigenvalue weighted by atomic mass is 10.3. The zero-order valence-corrected chi connectivity index (χ0v) is 12.0. The molecule has 2 aromatic rings. The van der Waals surface area contributed by atoms with Crippen molar-refractivity contribution in [3.05, 3.63) is 30.9 Å². The third-order valence-corrected chi connectivity index (χ3v) is 3.20. The zero-order chi connectivity index (χ0) is 14.5. The van der Waals surface area contributed by atoms with E-state index in [2.05, 4.69) is 34.3 Å². The lowest BCUT2D eigenvalue weighted by Crippen LogP contribution is -2.32. The highest BCUT2D eigenvalue weighted by atomic mass is 16.2. The van der Waals surface area contributed by atoms with E-state index in [0.29, 0.717) is 19.0 Å². The summed E-state index contributed by atoms with van der Waals surface area (Å²) in [6.45, 7) is 6.54. The van der Waals surface area contributed by atoms with Gasteiger partial charge in [0.25, 0.3) is 0 Å². The molecule has 0 aliphatic rings. The maximum Gasteiger partial charge on any atom is 0.242 e. The van der Waals surface area contributed by atoms with E-state index >= 15 is 0 Å². The number of carbonyl (C=O) groups excluding carboxylic acids is 1. The molecule has 2 heterocycles. The maximum atomic E-state index is 12.0. The van der Waals surface area contributed by atoms with Crippen molar-refractivity contribution in [1.29, 1.82) is 0 Å². The highest BCUT2D eigenvalue weighted by molar-refractivity contribution is 5.79. The second-order valence-electron chi connectivity index (χ2n) is 4.98. The van der Waals surface area contributed by atoms with Crippen LogP contribution in [-0.2, 0) is 11.2 Å². The number of nitrogens with one attached hydrogen (secondary N) is 1. The molecule has 20 heavy (non-hydrogen) atoms. The highest BCUT2D eigenvalue weighted by Crippen LogP contribution is 2.07. The van der Waals surface area contributed by atoms with E-state index in [-0.39, 0.29) is 11.9 Å². The fourth-order valence-electron chi connectivity index (χ4n) is 1.96. The number of hydrogen-bond donors (Lipinski definition) is 1. The fraction of sp³-hybridized carbons (Fsp3) is 0.538. The molecule has 0 saturated carbocycles. The third-order valence-electron chi connectivity index (χ3n) is 3.20. The van der Waals surface area contributed by atoms with Crippen LogP contribution in [0.5, 0.6) is 0 Å². The van der Waals surface area contributed by atoms with Crippen molar-refractivity contribution in [2.45, 2.75) is 39.3 Å². The van der Waals surface area contributed by atoms with Crippen LogP contribution in [0.2, 0.25) is 0 Å². The first kappa shape index (κ1) is 14.2. The molecule has 0 unspecified atom stereocenters. The molecule has 1 atom stereocenters. The minimum atomic E-state index is -0.263. The lowest BCUT2D eigenvalue weighted by molar-refractivity contribution is -0.123. The molecule has 7 nitrogen and oxygen atoms in total. The van der Waals surface area contributed by atoms with Gasteiger partial charge in [-0.2, -0.15) is 0 Å². The molecule has 0 aliphatic carbocycles. The van der Waals surface area contributed by atoms with E-state index in [9.17, 15) is 4.79 Å². The van der Waals surface area contributed by atoms with Crippen molar-refractivity contribution in [2.75, 3.05) is 6.54 Å². The molecule has 0 radical (unpaired) electrons. The minimum Gasteiger partial charge on any atom is -0.354 e. The average Bonchev–Trinajstić information content (AvgIpc) is 3.08. The van der Waals surface area contributed by atoms with Gasteiger partial charge in [-0.3, -0.25) is 4.79 Å². The van der Waals surface area contributed by atoms with Gasteiger partial charge in [-0.25, -0.2) is 4.98 Å². The van der Waals surface area contributed by atoms with Crippen LogP contribution in [0, 0.1) is 0 Å². The first-order chi connectivity index (χ1) is 9.59. The Morgan fingerprint density at radius 3 is 2.80 bits per heavy atom. The SMILES string of the molecule is CC(C)n1cnnc1CCNC(=O)[C@H](C)n1ccnc1. The molecular formula is C13H20N6O. The van der Waals surface area contributed by atoms with Crippen LogP contribution in [0.25, 0.3) is 0 Å². The first-order valence-electron chi connectivity index (χ1n) is 6.73. The topological polar surface area (TPSA) is 77.6 Å². The molecular weight excluding hydrogens is 256 g/mol. The standard InChI is InChI=1S/C13H20N6O/c1-10(2)19-9-16-17-12(19)4-5-15-13(20)11(3)18-7-6-14-8-18/h6-11H,4-5H2,1-3H3,(H,15,20)/t11-/m0/s1. The van der Waals surface area contributed by atoms with Crippen LogP contribution < -0.4 is 5.32 Å². The molecule has 0 fully saturated rings. The van der Waals surface area contributed by atoms with Gasteiger partial charge < -0.3 is 14.5 Å². The number of hydrogen-bond acceptors (Lipinski definition) is 4. The quantitative estimate of drug-likeness (QED) is 0.853. The van der Waals surface area contributed by atoms with Crippen LogP contribution in [0.1, 0.15) is 38.7 Å². The Morgan fingerprint density at radius 1 is 1.35 bits per heavy atom. The van der Waals surface area contributed by atoms with E-state index in [4.69, 9.17) is 0 Å². The molecule has 0 aliphatic heterocycles. The summed E-state index contributed by atoms with van der Waals surface area (Å²) in [5.41, 5.74) is 0. The summed E-state index contributed by atoms with van der Waals surface area (Å²) in [7, 11) is 0. The van der Waals surface area contributed by atoms with Gasteiger partial charge in [0, 0.05) is 31.4 Å². The molecule has 0 aromatic carbocycles. The lowest BCUT2D eigenvalue weighted by Gasteiger charge is -2.14. The summed E-state index contributed by atoms with van der Waals surface area (Å²) in [5.74, 6) is 0.856. The van der Waals surface area contributed by atoms with Gasteiger partial charge in [-0.05, 0) is 20.8 Å². The molecule has 7 heteroatoms. The maximum absolute atomic E-state index is 12.0. The number of aromatic nitrogens is 5. The Hall–Kier alpha value is -2.18. The second kappa shape index (κ2) is 6.31. The molecule has 0 bridgehead atoms. The second-order valence-corrected chi connectivity index (χ2v) is 4.98. The van der Waals surface area contributed by atoms with Gasteiger partial charge in [0.05, 0.1) is 6.33 Å². The summed E-state index contributed by atoms with van der Waals surface area (Å²) < 4.78 is 3.78. The van der Waals surface area contributed by atoms with Gasteiger partial charge in [-0.1, -0.05) is 0 Å². The number of amides is 1. The van der Waals surface area contributed by atoms with Crippen LogP contribution in [0.3, 0.4) is 0 Å². The molecule has 2 rings (SSSR count). The number of nitrogens with zero attached hydrogens (tertiary/aromatic N) is 5. The first-order valence-corrected chi connectivity index (χ1v) is 6.73. The Labute approximate surface area is 118 Å². The number of imidazole rings is 1. The Morgan fingerprint density at radius 2 is 2.15 bits per heavy atom. The zero-order valence-electron chi connectivity index (χ0n) is 12.0. The van der Waals surface area contributed by atoms with Crippen molar-refractivity contribution in [3.63, 3.8) is 0 Å². The minimum absolute atomic E-state index is 0.0291. The summed E-state index contributed by atoms with van der Waals surface area (Å²) in [6, 6.07) is 0.0565. The van der Waals surface area contributed by atoms with Crippen LogP contribution in [0.15, 0.2) is 25.0 Å². The summed E-state index contributed by atoms with van der Waals surface area (Å²) in [6.07, 6.45) is 7.46. The van der Waals surface area contributed by atoms with Crippen molar-refractivity contribution in [2.24, 2.45) is 0 Å². The third kappa shape index (κ3) is 3.23. The van der Waals surface area contributed by atoms with Crippen LogP contribution >= 0.6 is 0 Å². The molecule has 108 valence electrons. The number of carbonyl (C=O) groups is 1. The van der Waals surface area contributed by atoms with Crippen LogP contribution in [0.4, 0.5) is 0 Å². The van der Waals surface area contributed by atoms with Crippen LogP contribution in [-0.4, -0.2) is 36.8 Å². The van der Waals surface area contributed by atoms with Gasteiger partial charge in [0.1, 0.15) is 18.2 Å². The summed E-state index contributed by atoms with van der Waals surface area (Å²) in [4.78, 5) is 15.9. The fourth-order valence-corrected chi connectivity index (χ4v) is 1.96. The predicted molar refractivity (Wildman–Crippen MR) is 74.1 cm³/mol. The molecule has 1 N–H and O–H groups in total. The van der Waals surface area contributed by atoms with E-state index in [1.165, 1.54) is 0 Å². The van der Waals surface area contributed by atoms with Gasteiger partial charge >= 0.3 is 0 Å².